The van der Waals surface area contributed by atoms with Crippen LogP contribution in [0.3, 0.4) is 0 Å². The van der Waals surface area contributed by atoms with Gasteiger partial charge in [0.2, 0.25) is 0 Å². The third kappa shape index (κ3) is 4.29. The first kappa shape index (κ1) is 19.4. The molecule has 0 atom stereocenters. The van der Waals surface area contributed by atoms with Crippen molar-refractivity contribution in [3.8, 4) is 23.3 Å². The number of aromatic nitrogens is 2. The molecule has 0 aliphatic heterocycles. The molecule has 0 unspecified atom stereocenters. The maximum atomic E-state index is 13.6. The van der Waals surface area contributed by atoms with Gasteiger partial charge in [-0.2, -0.15) is 0 Å². The number of nitrogens with one attached hydrogen (secondary N) is 1. The van der Waals surface area contributed by atoms with Gasteiger partial charge in [-0.05, 0) is 24.3 Å². The van der Waals surface area contributed by atoms with Gasteiger partial charge in [0.15, 0.2) is 23.1 Å². The Labute approximate surface area is 161 Å². The van der Waals surface area contributed by atoms with Gasteiger partial charge < -0.3 is 14.2 Å². The first-order valence-corrected chi connectivity index (χ1v) is 9.40. The topological polar surface area (TPSA) is 99.6 Å². The summed E-state index contributed by atoms with van der Waals surface area (Å²) in [7, 11) is -1.06. The molecule has 3 aromatic rings. The summed E-state index contributed by atoms with van der Waals surface area (Å²) in [4.78, 5) is 7.73. The Morgan fingerprint density at radius 3 is 2.25 bits per heavy atom. The highest BCUT2D eigenvalue weighted by atomic mass is 32.2. The third-order valence-corrected chi connectivity index (χ3v) is 4.96. The molecule has 3 rings (SSSR count). The Bertz CT molecular complexity index is 1070. The molecule has 0 bridgehead atoms. The van der Waals surface area contributed by atoms with Gasteiger partial charge >= 0.3 is 6.01 Å². The van der Waals surface area contributed by atoms with E-state index in [1.54, 1.807) is 6.07 Å². The van der Waals surface area contributed by atoms with Crippen LogP contribution in [0.15, 0.2) is 59.8 Å². The predicted octanol–water partition coefficient (Wildman–Crippen LogP) is 3.23. The van der Waals surface area contributed by atoms with Crippen LogP contribution in [0.4, 0.5) is 10.1 Å². The Balaban J connectivity index is 1.77. The molecule has 0 fully saturated rings. The first-order valence-electron chi connectivity index (χ1n) is 7.92. The minimum Gasteiger partial charge on any atom is -0.493 e. The summed E-state index contributed by atoms with van der Waals surface area (Å²) < 4.78 is 56.5. The molecule has 1 heterocycles. The fourth-order valence-corrected chi connectivity index (χ4v) is 3.29. The normalized spacial score (nSPS) is 11.0. The Morgan fingerprint density at radius 2 is 1.61 bits per heavy atom. The number of halogens is 1. The zero-order valence-electron chi connectivity index (χ0n) is 14.9. The Hall–Kier alpha value is -3.40. The summed E-state index contributed by atoms with van der Waals surface area (Å²) in [6.07, 6.45) is 2.42. The predicted molar refractivity (Wildman–Crippen MR) is 98.9 cm³/mol. The summed E-state index contributed by atoms with van der Waals surface area (Å²) in [5.74, 6) is 0.0696. The average Bonchev–Trinajstić information content (AvgIpc) is 2.70. The highest BCUT2D eigenvalue weighted by Gasteiger charge is 2.18. The maximum Gasteiger partial charge on any atom is 0.322 e. The summed E-state index contributed by atoms with van der Waals surface area (Å²) >= 11 is 0. The van der Waals surface area contributed by atoms with Crippen molar-refractivity contribution in [3.63, 3.8) is 0 Å². The standard InChI is InChI=1S/C18H16FN3O5S/c1-25-16-8-7-13(9-17(16)26-2)28(23,24)22-12-10-20-18(21-11-12)27-15-6-4-3-5-14(15)19/h3-11,22H,1-2H3. The fraction of sp³-hybridized carbons (Fsp3) is 0.111. The smallest absolute Gasteiger partial charge is 0.322 e. The monoisotopic (exact) mass is 405 g/mol. The molecule has 10 heteroatoms. The van der Waals surface area contributed by atoms with Crippen molar-refractivity contribution in [1.82, 2.24) is 9.97 Å². The number of anilines is 1. The van der Waals surface area contributed by atoms with E-state index in [0.29, 0.717) is 5.75 Å². The minimum absolute atomic E-state index is 0.0307. The van der Waals surface area contributed by atoms with E-state index in [0.717, 1.165) is 0 Å². The molecule has 0 radical (unpaired) electrons. The van der Waals surface area contributed by atoms with Gasteiger partial charge in [0.25, 0.3) is 10.0 Å². The summed E-state index contributed by atoms with van der Waals surface area (Å²) in [6.45, 7) is 0. The summed E-state index contributed by atoms with van der Waals surface area (Å²) in [5.41, 5.74) is 0.107. The SMILES string of the molecule is COc1ccc(S(=O)(=O)Nc2cnc(Oc3ccccc3F)nc2)cc1OC. The van der Waals surface area contributed by atoms with Crippen LogP contribution in [0, 0.1) is 5.82 Å². The summed E-state index contributed by atoms with van der Waals surface area (Å²) in [5, 5.41) is 0. The van der Waals surface area contributed by atoms with Gasteiger partial charge in [0.05, 0.1) is 37.2 Å². The number of ether oxygens (including phenoxy) is 3. The van der Waals surface area contributed by atoms with E-state index >= 15 is 0 Å². The second-order valence-electron chi connectivity index (χ2n) is 5.41. The highest BCUT2D eigenvalue weighted by molar-refractivity contribution is 7.92. The van der Waals surface area contributed by atoms with Crippen LogP contribution in [0.5, 0.6) is 23.3 Å². The van der Waals surface area contributed by atoms with Crippen LogP contribution < -0.4 is 18.9 Å². The van der Waals surface area contributed by atoms with E-state index in [1.807, 2.05) is 0 Å². The zero-order valence-corrected chi connectivity index (χ0v) is 15.7. The second kappa shape index (κ2) is 8.09. The molecule has 0 saturated heterocycles. The van der Waals surface area contributed by atoms with Gasteiger partial charge in [-0.1, -0.05) is 12.1 Å². The minimum atomic E-state index is -3.92. The molecule has 28 heavy (non-hydrogen) atoms. The van der Waals surface area contributed by atoms with Crippen molar-refractivity contribution in [3.05, 3.63) is 60.7 Å². The van der Waals surface area contributed by atoms with Crippen LogP contribution in [0.25, 0.3) is 0 Å². The lowest BCUT2D eigenvalue weighted by atomic mass is 10.3. The third-order valence-electron chi connectivity index (χ3n) is 3.58. The Kier molecular flexibility index (Phi) is 5.59. The Morgan fingerprint density at radius 1 is 0.929 bits per heavy atom. The lowest BCUT2D eigenvalue weighted by Gasteiger charge is -2.11. The van der Waals surface area contributed by atoms with Gasteiger partial charge in [-0.3, -0.25) is 4.72 Å². The van der Waals surface area contributed by atoms with Crippen molar-refractivity contribution >= 4 is 15.7 Å². The van der Waals surface area contributed by atoms with E-state index in [9.17, 15) is 12.8 Å². The highest BCUT2D eigenvalue weighted by Crippen LogP contribution is 2.30. The van der Waals surface area contributed by atoms with Gasteiger partial charge in [0, 0.05) is 6.07 Å². The van der Waals surface area contributed by atoms with Gasteiger partial charge in [-0.15, -0.1) is 0 Å². The van der Waals surface area contributed by atoms with Crippen LogP contribution in [0.1, 0.15) is 0 Å². The number of benzene rings is 2. The maximum absolute atomic E-state index is 13.6. The molecular formula is C18H16FN3O5S. The van der Waals surface area contributed by atoms with E-state index in [1.165, 1.54) is 63.0 Å². The van der Waals surface area contributed by atoms with Crippen LogP contribution >= 0.6 is 0 Å². The van der Waals surface area contributed by atoms with E-state index in [4.69, 9.17) is 14.2 Å². The largest absolute Gasteiger partial charge is 0.493 e. The molecule has 0 amide bonds. The number of rotatable bonds is 7. The van der Waals surface area contributed by atoms with E-state index in [-0.39, 0.29) is 28.1 Å². The molecule has 1 aromatic heterocycles. The molecular weight excluding hydrogens is 389 g/mol. The molecule has 0 aliphatic carbocycles. The second-order valence-corrected chi connectivity index (χ2v) is 7.09. The van der Waals surface area contributed by atoms with Crippen molar-refractivity contribution in [2.45, 2.75) is 4.90 Å². The number of sulfonamides is 1. The van der Waals surface area contributed by atoms with Crippen LogP contribution in [-0.2, 0) is 10.0 Å². The van der Waals surface area contributed by atoms with Crippen molar-refractivity contribution in [2.75, 3.05) is 18.9 Å². The molecule has 2 aromatic carbocycles. The molecule has 8 nitrogen and oxygen atoms in total. The number of para-hydroxylation sites is 1. The van der Waals surface area contributed by atoms with E-state index in [2.05, 4.69) is 14.7 Å². The lowest BCUT2D eigenvalue weighted by Crippen LogP contribution is -2.13. The molecule has 146 valence electrons. The van der Waals surface area contributed by atoms with Crippen LogP contribution in [0.2, 0.25) is 0 Å². The lowest BCUT2D eigenvalue weighted by molar-refractivity contribution is 0.354. The molecule has 0 saturated carbocycles. The number of hydrogen-bond donors (Lipinski definition) is 1. The molecule has 0 aliphatic rings. The number of methoxy groups -OCH3 is 2. The van der Waals surface area contributed by atoms with Gasteiger partial charge in [-0.25, -0.2) is 22.8 Å². The number of hydrogen-bond acceptors (Lipinski definition) is 7. The molecule has 1 N–H and O–H groups in total. The zero-order chi connectivity index (χ0) is 20.1. The van der Waals surface area contributed by atoms with E-state index < -0.39 is 15.8 Å². The van der Waals surface area contributed by atoms with Crippen LogP contribution in [-0.4, -0.2) is 32.6 Å². The fourth-order valence-electron chi connectivity index (χ4n) is 2.25. The van der Waals surface area contributed by atoms with Gasteiger partial charge in [0.1, 0.15) is 0 Å². The van der Waals surface area contributed by atoms with Crippen molar-refractivity contribution in [2.24, 2.45) is 0 Å². The first-order chi connectivity index (χ1) is 13.4. The van der Waals surface area contributed by atoms with Crippen molar-refractivity contribution < 1.29 is 27.0 Å². The summed E-state index contributed by atoms with van der Waals surface area (Å²) in [6, 6.07) is 9.85. The quantitative estimate of drug-likeness (QED) is 0.644. The van der Waals surface area contributed by atoms with Crippen molar-refractivity contribution in [1.29, 1.82) is 0 Å². The average molecular weight is 405 g/mol. The number of nitrogens with zero attached hydrogens (tertiary/aromatic N) is 2. The molecule has 0 spiro atoms.